The molecule has 0 amide bonds. The van der Waals surface area contributed by atoms with Gasteiger partial charge in [0.15, 0.2) is 0 Å². The van der Waals surface area contributed by atoms with Crippen LogP contribution < -0.4 is 0 Å². The lowest BCUT2D eigenvalue weighted by atomic mass is 9.64. The molecule has 1 nitrogen and oxygen atoms in total. The van der Waals surface area contributed by atoms with Gasteiger partial charge in [0.25, 0.3) is 0 Å². The van der Waals surface area contributed by atoms with Crippen molar-refractivity contribution in [2.24, 2.45) is 17.8 Å². The Morgan fingerprint density at radius 3 is 2.67 bits per heavy atom. The molecule has 3 aliphatic rings. The summed E-state index contributed by atoms with van der Waals surface area (Å²) in [6.07, 6.45) is 14.1. The average Bonchev–Trinajstić information content (AvgIpc) is 2.52. The van der Waals surface area contributed by atoms with Crippen molar-refractivity contribution < 1.29 is 9.13 Å². The molecule has 2 heteroatoms. The Kier molecular flexibility index (Phi) is 4.23. The highest BCUT2D eigenvalue weighted by atomic mass is 19.1. The molecular formula is C19H21FO. The Bertz CT molecular complexity index is 568. The zero-order valence-electron chi connectivity index (χ0n) is 12.3. The molecule has 0 radical (unpaired) electrons. The predicted octanol–water partition coefficient (Wildman–Crippen LogP) is 4.67. The van der Waals surface area contributed by atoms with Crippen LogP contribution in [0.3, 0.4) is 0 Å². The molecule has 3 atom stereocenters. The summed E-state index contributed by atoms with van der Waals surface area (Å²) >= 11 is 0. The number of rotatable bonds is 4. The quantitative estimate of drug-likeness (QED) is 0.577. The fourth-order valence-electron chi connectivity index (χ4n) is 3.60. The molecule has 0 aromatic heterocycles. The standard InChI is InChI=1S/C19H21FO/c1-21-12-2-3-18-15-6-8-16(9-7-15)19(18)13-14-4-10-17(20)11-5-14/h2-6,8,10-12,15-16,19H,7,9,13H2,1H3/b12-2+,18-3-. The van der Waals surface area contributed by atoms with Gasteiger partial charge in [0.1, 0.15) is 5.82 Å². The van der Waals surface area contributed by atoms with Crippen molar-refractivity contribution >= 4 is 0 Å². The van der Waals surface area contributed by atoms with E-state index in [2.05, 4.69) is 18.2 Å². The molecule has 2 bridgehead atoms. The zero-order chi connectivity index (χ0) is 14.7. The summed E-state index contributed by atoms with van der Waals surface area (Å²) < 4.78 is 18.0. The average molecular weight is 284 g/mol. The molecule has 0 heterocycles. The number of halogens is 1. The topological polar surface area (TPSA) is 9.23 Å². The third-order valence-electron chi connectivity index (χ3n) is 4.65. The molecule has 1 aromatic carbocycles. The monoisotopic (exact) mass is 284 g/mol. The van der Waals surface area contributed by atoms with E-state index in [1.54, 1.807) is 25.5 Å². The van der Waals surface area contributed by atoms with E-state index in [4.69, 9.17) is 4.74 Å². The first-order valence-electron chi connectivity index (χ1n) is 7.60. The van der Waals surface area contributed by atoms with Gasteiger partial charge in [-0.15, -0.1) is 0 Å². The van der Waals surface area contributed by atoms with Crippen LogP contribution in [0.2, 0.25) is 0 Å². The normalized spacial score (nSPS) is 29.4. The number of benzene rings is 1. The summed E-state index contributed by atoms with van der Waals surface area (Å²) in [7, 11) is 1.66. The molecular weight excluding hydrogens is 263 g/mol. The third kappa shape index (κ3) is 3.10. The van der Waals surface area contributed by atoms with E-state index in [0.29, 0.717) is 17.8 Å². The maximum absolute atomic E-state index is 13.1. The van der Waals surface area contributed by atoms with Crippen LogP contribution in [0, 0.1) is 23.6 Å². The Labute approximate surface area is 125 Å². The Morgan fingerprint density at radius 1 is 1.19 bits per heavy atom. The highest BCUT2D eigenvalue weighted by Crippen LogP contribution is 2.45. The molecule has 110 valence electrons. The van der Waals surface area contributed by atoms with Crippen LogP contribution in [0.15, 0.2) is 60.4 Å². The molecule has 0 aliphatic heterocycles. The van der Waals surface area contributed by atoms with E-state index in [9.17, 15) is 4.39 Å². The number of ether oxygens (including phenoxy) is 1. The van der Waals surface area contributed by atoms with Gasteiger partial charge in [-0.2, -0.15) is 0 Å². The second-order valence-electron chi connectivity index (χ2n) is 5.90. The van der Waals surface area contributed by atoms with E-state index >= 15 is 0 Å². The van der Waals surface area contributed by atoms with Gasteiger partial charge < -0.3 is 4.74 Å². The van der Waals surface area contributed by atoms with Gasteiger partial charge in [-0.05, 0) is 60.8 Å². The minimum absolute atomic E-state index is 0.164. The van der Waals surface area contributed by atoms with Crippen LogP contribution in [0.4, 0.5) is 4.39 Å². The number of fused-ring (bicyclic) bond motifs is 2. The number of hydrogen-bond acceptors (Lipinski definition) is 1. The summed E-state index contributed by atoms with van der Waals surface area (Å²) in [6.45, 7) is 0. The van der Waals surface area contributed by atoms with Crippen LogP contribution in [0.1, 0.15) is 18.4 Å². The highest BCUT2D eigenvalue weighted by Gasteiger charge is 2.35. The van der Waals surface area contributed by atoms with E-state index in [1.807, 2.05) is 18.2 Å². The second kappa shape index (κ2) is 6.30. The summed E-state index contributed by atoms with van der Waals surface area (Å²) in [4.78, 5) is 0. The van der Waals surface area contributed by atoms with Gasteiger partial charge in [-0.1, -0.05) is 35.9 Å². The van der Waals surface area contributed by atoms with Crippen molar-refractivity contribution in [3.05, 3.63) is 71.8 Å². The van der Waals surface area contributed by atoms with Crippen LogP contribution in [0.5, 0.6) is 0 Å². The first kappa shape index (κ1) is 14.1. The van der Waals surface area contributed by atoms with Gasteiger partial charge >= 0.3 is 0 Å². The molecule has 21 heavy (non-hydrogen) atoms. The number of methoxy groups -OCH3 is 1. The molecule has 1 saturated carbocycles. The Morgan fingerprint density at radius 2 is 2.00 bits per heavy atom. The molecule has 0 spiro atoms. The molecule has 1 aromatic rings. The van der Waals surface area contributed by atoms with Crippen molar-refractivity contribution in [1.82, 2.24) is 0 Å². The lowest BCUT2D eigenvalue weighted by Gasteiger charge is -2.41. The molecule has 0 N–H and O–H groups in total. The lowest BCUT2D eigenvalue weighted by molar-refractivity contribution is 0.302. The van der Waals surface area contributed by atoms with E-state index in [1.165, 1.54) is 24.0 Å². The molecule has 1 fully saturated rings. The highest BCUT2D eigenvalue weighted by molar-refractivity contribution is 5.32. The van der Waals surface area contributed by atoms with Crippen molar-refractivity contribution in [3.8, 4) is 0 Å². The largest absolute Gasteiger partial charge is 0.504 e. The van der Waals surface area contributed by atoms with Gasteiger partial charge in [0.05, 0.1) is 13.4 Å². The van der Waals surface area contributed by atoms with Crippen molar-refractivity contribution in [3.63, 3.8) is 0 Å². The SMILES string of the molecule is CO/C=C/C=C1/C2C=CC(CC2)C1Cc1ccc(F)cc1. The first-order valence-corrected chi connectivity index (χ1v) is 7.60. The molecule has 3 aliphatic carbocycles. The van der Waals surface area contributed by atoms with Crippen molar-refractivity contribution in [2.45, 2.75) is 19.3 Å². The summed E-state index contributed by atoms with van der Waals surface area (Å²) in [5.74, 6) is 1.53. The fourth-order valence-corrected chi connectivity index (χ4v) is 3.60. The van der Waals surface area contributed by atoms with Crippen molar-refractivity contribution in [2.75, 3.05) is 7.11 Å². The number of allylic oxidation sites excluding steroid dienone is 5. The Balaban J connectivity index is 1.83. The van der Waals surface area contributed by atoms with Gasteiger partial charge in [-0.3, -0.25) is 0 Å². The van der Waals surface area contributed by atoms with Gasteiger partial charge in [-0.25, -0.2) is 4.39 Å². The van der Waals surface area contributed by atoms with Crippen LogP contribution >= 0.6 is 0 Å². The number of hydrogen-bond donors (Lipinski definition) is 0. The third-order valence-corrected chi connectivity index (χ3v) is 4.65. The van der Waals surface area contributed by atoms with Crippen LogP contribution in [0.25, 0.3) is 0 Å². The van der Waals surface area contributed by atoms with Crippen LogP contribution in [-0.2, 0) is 11.2 Å². The summed E-state index contributed by atoms with van der Waals surface area (Å²) in [5.41, 5.74) is 2.70. The lowest BCUT2D eigenvalue weighted by Crippen LogP contribution is -2.31. The minimum Gasteiger partial charge on any atom is -0.504 e. The molecule has 0 saturated heterocycles. The second-order valence-corrected chi connectivity index (χ2v) is 5.90. The van der Waals surface area contributed by atoms with Crippen molar-refractivity contribution in [1.29, 1.82) is 0 Å². The molecule has 4 rings (SSSR count). The first-order chi connectivity index (χ1) is 10.3. The van der Waals surface area contributed by atoms with Gasteiger partial charge in [0.2, 0.25) is 0 Å². The summed E-state index contributed by atoms with van der Waals surface area (Å²) in [5, 5.41) is 0. The zero-order valence-corrected chi connectivity index (χ0v) is 12.3. The smallest absolute Gasteiger partial charge is 0.123 e. The maximum Gasteiger partial charge on any atom is 0.123 e. The van der Waals surface area contributed by atoms with E-state index < -0.39 is 0 Å². The predicted molar refractivity (Wildman–Crippen MR) is 83.2 cm³/mol. The maximum atomic E-state index is 13.1. The summed E-state index contributed by atoms with van der Waals surface area (Å²) in [6, 6.07) is 6.93. The minimum atomic E-state index is -0.164. The van der Waals surface area contributed by atoms with Gasteiger partial charge in [0, 0.05) is 0 Å². The molecule has 3 unspecified atom stereocenters. The Hall–Kier alpha value is -1.83. The van der Waals surface area contributed by atoms with Crippen LogP contribution in [-0.4, -0.2) is 7.11 Å². The fraction of sp³-hybridized carbons (Fsp3) is 0.368. The van der Waals surface area contributed by atoms with E-state index in [-0.39, 0.29) is 5.82 Å². The van der Waals surface area contributed by atoms with E-state index in [0.717, 1.165) is 6.42 Å².